The second kappa shape index (κ2) is 15.2. The normalized spacial score (nSPS) is 11.7. The van der Waals surface area contributed by atoms with Crippen LogP contribution in [0.15, 0.2) is 23.3 Å². The van der Waals surface area contributed by atoms with Gasteiger partial charge in [-0.1, -0.05) is 19.4 Å². The highest BCUT2D eigenvalue weighted by atomic mass is 16.5. The number of rotatable bonds is 14. The predicted octanol–water partition coefficient (Wildman–Crippen LogP) is 2.28. The molecule has 154 valence electrons. The van der Waals surface area contributed by atoms with Crippen molar-refractivity contribution in [2.24, 2.45) is 4.99 Å². The third-order valence-corrected chi connectivity index (χ3v) is 4.01. The average molecular weight is 380 g/mol. The van der Waals surface area contributed by atoms with Crippen LogP contribution in [0.1, 0.15) is 38.7 Å². The Balaban J connectivity index is 2.51. The van der Waals surface area contributed by atoms with Crippen LogP contribution in [-0.4, -0.2) is 69.4 Å². The van der Waals surface area contributed by atoms with Crippen molar-refractivity contribution in [1.82, 2.24) is 20.5 Å². The molecule has 0 bridgehead atoms. The van der Waals surface area contributed by atoms with Crippen LogP contribution >= 0.6 is 0 Å². The van der Waals surface area contributed by atoms with E-state index in [1.165, 1.54) is 0 Å². The largest absolute Gasteiger partial charge is 0.477 e. The second-order valence-electron chi connectivity index (χ2n) is 6.44. The average Bonchev–Trinajstić information content (AvgIpc) is 2.67. The summed E-state index contributed by atoms with van der Waals surface area (Å²) in [5.74, 6) is 1.49. The van der Waals surface area contributed by atoms with Gasteiger partial charge >= 0.3 is 0 Å². The summed E-state index contributed by atoms with van der Waals surface area (Å²) in [6.07, 6.45) is 4.94. The van der Waals surface area contributed by atoms with Crippen LogP contribution in [0.2, 0.25) is 0 Å². The van der Waals surface area contributed by atoms with Crippen molar-refractivity contribution in [1.29, 1.82) is 0 Å². The zero-order valence-electron chi connectivity index (χ0n) is 17.5. The molecule has 0 radical (unpaired) electrons. The van der Waals surface area contributed by atoms with E-state index in [0.717, 1.165) is 63.6 Å². The monoisotopic (exact) mass is 379 g/mol. The molecule has 1 rings (SSSR count). The van der Waals surface area contributed by atoms with Crippen LogP contribution in [0.5, 0.6) is 5.88 Å². The Morgan fingerprint density at radius 1 is 1.19 bits per heavy atom. The Labute approximate surface area is 164 Å². The minimum absolute atomic E-state index is 0.536. The van der Waals surface area contributed by atoms with Crippen molar-refractivity contribution < 1.29 is 9.47 Å². The van der Waals surface area contributed by atoms with Crippen molar-refractivity contribution in [3.05, 3.63) is 23.9 Å². The van der Waals surface area contributed by atoms with Crippen LogP contribution in [0, 0.1) is 0 Å². The summed E-state index contributed by atoms with van der Waals surface area (Å²) in [4.78, 5) is 11.3. The van der Waals surface area contributed by atoms with E-state index < -0.39 is 0 Å². The van der Waals surface area contributed by atoms with Crippen molar-refractivity contribution in [2.45, 2.75) is 39.7 Å². The molecule has 0 unspecified atom stereocenters. The third-order valence-electron chi connectivity index (χ3n) is 4.01. The molecule has 1 heterocycles. The standard InChI is InChI=1S/C20H37N5O2/c1-5-7-16-27-19-18(10-8-11-22-19)17-24-20(21-6-2)23-12-14-25(3)13-9-15-26-4/h8,10-11H,5-7,9,12-17H2,1-4H3,(H2,21,23,24). The zero-order valence-corrected chi connectivity index (χ0v) is 17.5. The number of pyridine rings is 1. The molecule has 2 N–H and O–H groups in total. The second-order valence-corrected chi connectivity index (χ2v) is 6.44. The predicted molar refractivity (Wildman–Crippen MR) is 111 cm³/mol. The SMILES string of the molecule is CCCCOc1ncccc1CN=C(NCC)NCCN(C)CCCOC. The van der Waals surface area contributed by atoms with Gasteiger partial charge < -0.3 is 25.0 Å². The highest BCUT2D eigenvalue weighted by Gasteiger charge is 2.05. The smallest absolute Gasteiger partial charge is 0.218 e. The van der Waals surface area contributed by atoms with Gasteiger partial charge in [0, 0.05) is 51.7 Å². The number of methoxy groups -OCH3 is 1. The van der Waals surface area contributed by atoms with Crippen LogP contribution in [0.25, 0.3) is 0 Å². The van der Waals surface area contributed by atoms with Crippen molar-refractivity contribution in [3.63, 3.8) is 0 Å². The summed E-state index contributed by atoms with van der Waals surface area (Å²) in [5.41, 5.74) is 1.00. The van der Waals surface area contributed by atoms with E-state index in [4.69, 9.17) is 9.47 Å². The molecule has 0 aliphatic heterocycles. The highest BCUT2D eigenvalue weighted by molar-refractivity contribution is 5.79. The first kappa shape index (κ1) is 23.2. The lowest BCUT2D eigenvalue weighted by atomic mass is 10.2. The number of aliphatic imine (C=N–C) groups is 1. The van der Waals surface area contributed by atoms with E-state index in [-0.39, 0.29) is 0 Å². The molecule has 0 saturated carbocycles. The van der Waals surface area contributed by atoms with Gasteiger partial charge in [0.2, 0.25) is 5.88 Å². The number of unbranched alkanes of at least 4 members (excludes halogenated alkanes) is 1. The number of nitrogens with zero attached hydrogens (tertiary/aromatic N) is 3. The van der Waals surface area contributed by atoms with Crippen LogP contribution in [0.4, 0.5) is 0 Å². The molecule has 0 amide bonds. The first-order valence-corrected chi connectivity index (χ1v) is 9.97. The molecule has 7 nitrogen and oxygen atoms in total. The molecule has 0 aromatic carbocycles. The van der Waals surface area contributed by atoms with Gasteiger partial charge in [-0.2, -0.15) is 0 Å². The molecule has 0 fully saturated rings. The van der Waals surface area contributed by atoms with Gasteiger partial charge in [0.1, 0.15) is 0 Å². The maximum absolute atomic E-state index is 5.79. The Morgan fingerprint density at radius 2 is 2.04 bits per heavy atom. The summed E-state index contributed by atoms with van der Waals surface area (Å²) in [6, 6.07) is 3.94. The molecule has 0 aliphatic rings. The number of nitrogens with one attached hydrogen (secondary N) is 2. The molecule has 0 spiro atoms. The van der Waals surface area contributed by atoms with E-state index in [1.807, 2.05) is 12.1 Å². The van der Waals surface area contributed by atoms with Crippen molar-refractivity contribution in [2.75, 3.05) is 53.6 Å². The maximum Gasteiger partial charge on any atom is 0.218 e. The summed E-state index contributed by atoms with van der Waals surface area (Å²) in [7, 11) is 3.86. The lowest BCUT2D eigenvalue weighted by molar-refractivity contribution is 0.180. The molecular weight excluding hydrogens is 342 g/mol. The number of likely N-dealkylation sites (N-methyl/N-ethyl adjacent to an activating group) is 1. The van der Waals surface area contributed by atoms with Gasteiger partial charge in [-0.05, 0) is 32.9 Å². The van der Waals surface area contributed by atoms with Gasteiger partial charge in [-0.25, -0.2) is 9.98 Å². The quantitative estimate of drug-likeness (QED) is 0.294. The fraction of sp³-hybridized carbons (Fsp3) is 0.700. The van der Waals surface area contributed by atoms with Crippen LogP contribution in [0.3, 0.4) is 0 Å². The number of ether oxygens (including phenoxy) is 2. The molecular formula is C20H37N5O2. The van der Waals surface area contributed by atoms with E-state index in [2.05, 4.69) is 46.4 Å². The van der Waals surface area contributed by atoms with E-state index in [9.17, 15) is 0 Å². The Kier molecular flexibility index (Phi) is 13.1. The topological polar surface area (TPSA) is 71.0 Å². The lowest BCUT2D eigenvalue weighted by Gasteiger charge is -2.18. The van der Waals surface area contributed by atoms with Crippen LogP contribution in [-0.2, 0) is 11.3 Å². The molecule has 0 aliphatic carbocycles. The number of guanidine groups is 1. The minimum Gasteiger partial charge on any atom is -0.477 e. The first-order chi connectivity index (χ1) is 13.2. The fourth-order valence-corrected chi connectivity index (χ4v) is 2.45. The van der Waals surface area contributed by atoms with Gasteiger partial charge in [0.25, 0.3) is 0 Å². The molecule has 1 aromatic heterocycles. The van der Waals surface area contributed by atoms with Gasteiger partial charge in [-0.3, -0.25) is 0 Å². The Hall–Kier alpha value is -1.86. The van der Waals surface area contributed by atoms with E-state index in [1.54, 1.807) is 13.3 Å². The molecule has 27 heavy (non-hydrogen) atoms. The van der Waals surface area contributed by atoms with Crippen LogP contribution < -0.4 is 15.4 Å². The van der Waals surface area contributed by atoms with Gasteiger partial charge in [-0.15, -0.1) is 0 Å². The van der Waals surface area contributed by atoms with Crippen molar-refractivity contribution >= 4 is 5.96 Å². The molecule has 1 aromatic rings. The molecule has 0 saturated heterocycles. The van der Waals surface area contributed by atoms with Crippen molar-refractivity contribution in [3.8, 4) is 5.88 Å². The van der Waals surface area contributed by atoms with E-state index >= 15 is 0 Å². The summed E-state index contributed by atoms with van der Waals surface area (Å²) < 4.78 is 10.9. The summed E-state index contributed by atoms with van der Waals surface area (Å²) in [6.45, 7) is 9.88. The Bertz CT molecular complexity index is 525. The first-order valence-electron chi connectivity index (χ1n) is 9.97. The van der Waals surface area contributed by atoms with E-state index in [0.29, 0.717) is 19.0 Å². The lowest BCUT2D eigenvalue weighted by Crippen LogP contribution is -2.41. The Morgan fingerprint density at radius 3 is 2.78 bits per heavy atom. The summed E-state index contributed by atoms with van der Waals surface area (Å²) >= 11 is 0. The van der Waals surface area contributed by atoms with Gasteiger partial charge in [0.05, 0.1) is 13.2 Å². The number of hydrogen-bond donors (Lipinski definition) is 2. The fourth-order valence-electron chi connectivity index (χ4n) is 2.45. The molecule has 0 atom stereocenters. The number of hydrogen-bond acceptors (Lipinski definition) is 5. The zero-order chi connectivity index (χ0) is 19.7. The minimum atomic E-state index is 0.536. The highest BCUT2D eigenvalue weighted by Crippen LogP contribution is 2.15. The van der Waals surface area contributed by atoms with Gasteiger partial charge in [0.15, 0.2) is 5.96 Å². The third kappa shape index (κ3) is 10.8. The molecule has 7 heteroatoms. The summed E-state index contributed by atoms with van der Waals surface area (Å²) in [5, 5.41) is 6.68. The maximum atomic E-state index is 5.79. The number of aromatic nitrogens is 1.